The van der Waals surface area contributed by atoms with Gasteiger partial charge in [0.1, 0.15) is 18.4 Å². The quantitative estimate of drug-likeness (QED) is 0.174. The number of rotatable bonds is 12. The molecule has 7 nitrogen and oxygen atoms in total. The van der Waals surface area contributed by atoms with E-state index in [9.17, 15) is 22.4 Å². The lowest BCUT2D eigenvalue weighted by atomic mass is 10.0. The summed E-state index contributed by atoms with van der Waals surface area (Å²) in [6.45, 7) is -0.694. The second-order valence-corrected chi connectivity index (χ2v) is 13.9. The molecule has 4 aromatic carbocycles. The molecule has 2 amide bonds. The van der Waals surface area contributed by atoms with Crippen molar-refractivity contribution in [3.63, 3.8) is 0 Å². The Balaban J connectivity index is 1.57. The lowest BCUT2D eigenvalue weighted by Gasteiger charge is -2.34. The number of carbonyl (C=O) groups excluding carboxylic acids is 2. The van der Waals surface area contributed by atoms with Crippen LogP contribution in [0, 0.1) is 5.82 Å². The normalized spacial score (nSPS) is 14.1. The SMILES string of the molecule is O=C(NC1CCCC1)C(Cc1ccccc1)N(Cc1ccc(Cl)c(Cl)c1)C(=O)CN(c1ccc(F)cc1)S(=O)(=O)c1ccccc1. The number of nitrogens with one attached hydrogen (secondary N) is 1. The van der Waals surface area contributed by atoms with E-state index in [-0.39, 0.29) is 40.5 Å². The maximum Gasteiger partial charge on any atom is 0.264 e. The molecule has 11 heteroatoms. The van der Waals surface area contributed by atoms with Gasteiger partial charge in [0.15, 0.2) is 0 Å². The van der Waals surface area contributed by atoms with E-state index < -0.39 is 34.3 Å². The Morgan fingerprint density at radius 1 is 0.826 bits per heavy atom. The van der Waals surface area contributed by atoms with Gasteiger partial charge >= 0.3 is 0 Å². The highest BCUT2D eigenvalue weighted by atomic mass is 35.5. The fraction of sp³-hybridized carbons (Fsp3) is 0.257. The van der Waals surface area contributed by atoms with Crippen LogP contribution in [-0.2, 0) is 32.6 Å². The number of sulfonamides is 1. The molecule has 0 spiro atoms. The topological polar surface area (TPSA) is 86.8 Å². The predicted octanol–water partition coefficient (Wildman–Crippen LogP) is 7.03. The highest BCUT2D eigenvalue weighted by Gasteiger charge is 2.35. The van der Waals surface area contributed by atoms with E-state index in [1.807, 2.05) is 30.3 Å². The molecule has 0 saturated heterocycles. The maximum atomic E-state index is 14.5. The summed E-state index contributed by atoms with van der Waals surface area (Å²) in [5.41, 5.74) is 1.53. The van der Waals surface area contributed by atoms with Gasteiger partial charge in [0, 0.05) is 19.0 Å². The van der Waals surface area contributed by atoms with Crippen LogP contribution >= 0.6 is 23.2 Å². The van der Waals surface area contributed by atoms with Crippen LogP contribution in [0.3, 0.4) is 0 Å². The summed E-state index contributed by atoms with van der Waals surface area (Å²) in [6, 6.07) is 25.9. The van der Waals surface area contributed by atoms with E-state index in [1.54, 1.807) is 36.4 Å². The molecule has 4 aromatic rings. The zero-order chi connectivity index (χ0) is 32.7. The summed E-state index contributed by atoms with van der Waals surface area (Å²) in [4.78, 5) is 29.9. The molecule has 0 heterocycles. The van der Waals surface area contributed by atoms with Gasteiger partial charge < -0.3 is 10.2 Å². The summed E-state index contributed by atoms with van der Waals surface area (Å²) in [5, 5.41) is 3.75. The predicted molar refractivity (Wildman–Crippen MR) is 179 cm³/mol. The Morgan fingerprint density at radius 2 is 1.46 bits per heavy atom. The van der Waals surface area contributed by atoms with Gasteiger partial charge in [0.2, 0.25) is 11.8 Å². The van der Waals surface area contributed by atoms with Gasteiger partial charge in [-0.15, -0.1) is 0 Å². The fourth-order valence-corrected chi connectivity index (χ4v) is 7.37. The van der Waals surface area contributed by atoms with Crippen molar-refractivity contribution in [3.05, 3.63) is 130 Å². The molecule has 1 aliphatic rings. The molecule has 0 aromatic heterocycles. The van der Waals surface area contributed by atoms with Gasteiger partial charge in [-0.25, -0.2) is 12.8 Å². The summed E-state index contributed by atoms with van der Waals surface area (Å²) in [6.07, 6.45) is 3.89. The lowest BCUT2D eigenvalue weighted by molar-refractivity contribution is -0.140. The second kappa shape index (κ2) is 15.1. The Bertz CT molecular complexity index is 1750. The van der Waals surface area contributed by atoms with Crippen molar-refractivity contribution in [2.75, 3.05) is 10.8 Å². The molecule has 1 saturated carbocycles. The molecule has 46 heavy (non-hydrogen) atoms. The van der Waals surface area contributed by atoms with Crippen LogP contribution < -0.4 is 9.62 Å². The van der Waals surface area contributed by atoms with Crippen LogP contribution in [0.5, 0.6) is 0 Å². The summed E-state index contributed by atoms with van der Waals surface area (Å²) in [7, 11) is -4.28. The highest BCUT2D eigenvalue weighted by molar-refractivity contribution is 7.92. The Morgan fingerprint density at radius 3 is 2.09 bits per heavy atom. The Hall–Kier alpha value is -3.92. The average Bonchev–Trinajstić information content (AvgIpc) is 3.57. The number of carbonyl (C=O) groups is 2. The minimum Gasteiger partial charge on any atom is -0.352 e. The van der Waals surface area contributed by atoms with E-state index in [2.05, 4.69) is 5.32 Å². The molecular weight excluding hydrogens is 648 g/mol. The third-order valence-electron chi connectivity index (χ3n) is 8.03. The third kappa shape index (κ3) is 8.26. The van der Waals surface area contributed by atoms with Gasteiger partial charge in [0.25, 0.3) is 10.0 Å². The van der Waals surface area contributed by atoms with E-state index in [4.69, 9.17) is 23.2 Å². The largest absolute Gasteiger partial charge is 0.352 e. The maximum absolute atomic E-state index is 14.5. The molecule has 1 N–H and O–H groups in total. The van der Waals surface area contributed by atoms with Crippen molar-refractivity contribution >= 4 is 50.7 Å². The first-order valence-electron chi connectivity index (χ1n) is 15.0. The third-order valence-corrected chi connectivity index (χ3v) is 10.6. The number of benzene rings is 4. The number of amides is 2. The van der Waals surface area contributed by atoms with E-state index >= 15 is 0 Å². The van der Waals surface area contributed by atoms with Gasteiger partial charge in [-0.05, 0) is 72.5 Å². The highest BCUT2D eigenvalue weighted by Crippen LogP contribution is 2.27. The Labute approximate surface area is 279 Å². The number of anilines is 1. The van der Waals surface area contributed by atoms with Crippen LogP contribution in [0.2, 0.25) is 10.0 Å². The first kappa shape index (κ1) is 33.4. The van der Waals surface area contributed by atoms with Gasteiger partial charge in [-0.3, -0.25) is 13.9 Å². The minimum absolute atomic E-state index is 0.0122. The number of nitrogens with zero attached hydrogens (tertiary/aromatic N) is 2. The van der Waals surface area contributed by atoms with Gasteiger partial charge in [-0.1, -0.05) is 90.6 Å². The first-order chi connectivity index (χ1) is 22.1. The fourth-order valence-electron chi connectivity index (χ4n) is 5.61. The molecule has 240 valence electrons. The zero-order valence-corrected chi connectivity index (χ0v) is 27.3. The van der Waals surface area contributed by atoms with Gasteiger partial charge in [-0.2, -0.15) is 0 Å². The number of hydrogen-bond donors (Lipinski definition) is 1. The summed E-state index contributed by atoms with van der Waals surface area (Å²) >= 11 is 12.5. The molecule has 0 bridgehead atoms. The second-order valence-electron chi connectivity index (χ2n) is 11.3. The van der Waals surface area contributed by atoms with Crippen molar-refractivity contribution in [1.29, 1.82) is 0 Å². The summed E-state index contributed by atoms with van der Waals surface area (Å²) in [5.74, 6) is -1.51. The minimum atomic E-state index is -4.28. The molecule has 0 radical (unpaired) electrons. The van der Waals surface area contributed by atoms with Crippen LogP contribution in [0.1, 0.15) is 36.8 Å². The first-order valence-corrected chi connectivity index (χ1v) is 17.2. The van der Waals surface area contributed by atoms with Crippen molar-refractivity contribution in [2.45, 2.75) is 55.6 Å². The molecular formula is C35H34Cl2FN3O4S. The molecule has 5 rings (SSSR count). The van der Waals surface area contributed by atoms with Crippen LogP contribution in [-0.4, -0.2) is 43.8 Å². The van der Waals surface area contributed by atoms with E-state index in [0.29, 0.717) is 10.6 Å². The smallest absolute Gasteiger partial charge is 0.264 e. The van der Waals surface area contributed by atoms with Crippen molar-refractivity contribution in [2.24, 2.45) is 0 Å². The standard InChI is InChI=1S/C35H34Cl2FN3O4S/c36-31-20-15-26(21-32(31)37)23-40(33(22-25-9-3-1-4-10-25)35(43)39-28-11-7-8-12-28)34(42)24-41(29-18-16-27(38)17-19-29)46(44,45)30-13-5-2-6-14-30/h1-6,9-10,13-21,28,33H,7-8,11-12,22-24H2,(H,39,43). The lowest BCUT2D eigenvalue weighted by Crippen LogP contribution is -2.54. The van der Waals surface area contributed by atoms with Crippen molar-refractivity contribution < 1.29 is 22.4 Å². The molecule has 1 fully saturated rings. The molecule has 0 aliphatic heterocycles. The molecule has 1 unspecified atom stereocenters. The van der Waals surface area contributed by atoms with Gasteiger partial charge in [0.05, 0.1) is 20.6 Å². The molecule has 1 aliphatic carbocycles. The Kier molecular flexibility index (Phi) is 11.0. The van der Waals surface area contributed by atoms with Crippen molar-refractivity contribution in [1.82, 2.24) is 10.2 Å². The van der Waals surface area contributed by atoms with E-state index in [0.717, 1.165) is 47.7 Å². The van der Waals surface area contributed by atoms with Crippen LogP contribution in [0.15, 0.2) is 108 Å². The number of hydrogen-bond acceptors (Lipinski definition) is 4. The zero-order valence-electron chi connectivity index (χ0n) is 25.0. The van der Waals surface area contributed by atoms with E-state index in [1.165, 1.54) is 29.2 Å². The van der Waals surface area contributed by atoms with Crippen LogP contribution in [0.25, 0.3) is 0 Å². The van der Waals surface area contributed by atoms with Crippen LogP contribution in [0.4, 0.5) is 10.1 Å². The average molecular weight is 683 g/mol. The molecule has 1 atom stereocenters. The summed E-state index contributed by atoms with van der Waals surface area (Å²) < 4.78 is 42.9. The monoisotopic (exact) mass is 681 g/mol. The van der Waals surface area contributed by atoms with Crippen molar-refractivity contribution in [3.8, 4) is 0 Å². The number of halogens is 3.